The van der Waals surface area contributed by atoms with Crippen molar-refractivity contribution >= 4 is 5.97 Å². The van der Waals surface area contributed by atoms with Gasteiger partial charge in [0.15, 0.2) is 0 Å². The lowest BCUT2D eigenvalue weighted by Gasteiger charge is -2.09. The Kier molecular flexibility index (Phi) is 4.31. The number of hydrogen-bond donors (Lipinski definition) is 1. The van der Waals surface area contributed by atoms with E-state index in [0.29, 0.717) is 5.75 Å². The Labute approximate surface area is 89.7 Å². The number of ether oxygens (including phenoxy) is 1. The molecule has 1 aromatic carbocycles. The Balaban J connectivity index is 2.67. The molecule has 1 aromatic rings. The Hall–Kier alpha value is -1.35. The van der Waals surface area contributed by atoms with Gasteiger partial charge in [-0.15, -0.1) is 0 Å². The summed E-state index contributed by atoms with van der Waals surface area (Å²) < 4.78 is 4.89. The van der Waals surface area contributed by atoms with Crippen LogP contribution in [0.25, 0.3) is 0 Å². The molecule has 3 heteroatoms. The summed E-state index contributed by atoms with van der Waals surface area (Å²) >= 11 is 0. The van der Waals surface area contributed by atoms with Crippen LogP contribution in [0.5, 0.6) is 5.75 Å². The molecule has 15 heavy (non-hydrogen) atoms. The molecular weight excluding hydrogens is 192 g/mol. The van der Waals surface area contributed by atoms with Crippen molar-refractivity contribution < 1.29 is 14.6 Å². The minimum absolute atomic E-state index is 0.336. The molecule has 1 N–H and O–H groups in total. The molecule has 1 unspecified atom stereocenters. The molecule has 0 radical (unpaired) electrons. The molecule has 0 saturated heterocycles. The number of carbonyl (C=O) groups excluding carboxylic acids is 1. The second-order valence-electron chi connectivity index (χ2n) is 3.47. The van der Waals surface area contributed by atoms with E-state index in [1.807, 2.05) is 6.92 Å². The molecule has 0 spiro atoms. The number of hydrogen-bond acceptors (Lipinski definition) is 3. The zero-order chi connectivity index (χ0) is 11.3. The highest BCUT2D eigenvalue weighted by Crippen LogP contribution is 2.21. The van der Waals surface area contributed by atoms with Crippen LogP contribution in [0.4, 0.5) is 0 Å². The van der Waals surface area contributed by atoms with E-state index in [-0.39, 0.29) is 5.97 Å². The molecule has 1 atom stereocenters. The van der Waals surface area contributed by atoms with Gasteiger partial charge in [-0.3, -0.25) is 4.79 Å². The van der Waals surface area contributed by atoms with E-state index >= 15 is 0 Å². The largest absolute Gasteiger partial charge is 0.427 e. The van der Waals surface area contributed by atoms with Crippen molar-refractivity contribution in [3.05, 3.63) is 29.8 Å². The maximum atomic E-state index is 10.7. The van der Waals surface area contributed by atoms with Gasteiger partial charge in [-0.2, -0.15) is 0 Å². The third-order valence-electron chi connectivity index (χ3n) is 2.09. The molecule has 0 aromatic heterocycles. The van der Waals surface area contributed by atoms with Gasteiger partial charge >= 0.3 is 5.97 Å². The molecular formula is C12H16O3. The smallest absolute Gasteiger partial charge is 0.308 e. The van der Waals surface area contributed by atoms with Gasteiger partial charge in [0.2, 0.25) is 0 Å². The molecule has 0 fully saturated rings. The van der Waals surface area contributed by atoms with E-state index in [1.54, 1.807) is 24.3 Å². The number of rotatable bonds is 4. The van der Waals surface area contributed by atoms with Gasteiger partial charge in [0.05, 0.1) is 6.10 Å². The minimum atomic E-state index is -0.429. The Morgan fingerprint density at radius 2 is 2.00 bits per heavy atom. The van der Waals surface area contributed by atoms with Crippen molar-refractivity contribution in [3.63, 3.8) is 0 Å². The molecule has 1 rings (SSSR count). The zero-order valence-corrected chi connectivity index (χ0v) is 9.06. The highest BCUT2D eigenvalue weighted by molar-refractivity contribution is 5.69. The van der Waals surface area contributed by atoms with E-state index in [0.717, 1.165) is 18.4 Å². The van der Waals surface area contributed by atoms with E-state index in [2.05, 4.69) is 0 Å². The topological polar surface area (TPSA) is 46.5 Å². The number of aliphatic hydroxyl groups is 1. The highest BCUT2D eigenvalue weighted by Gasteiger charge is 2.06. The van der Waals surface area contributed by atoms with Gasteiger partial charge in [-0.05, 0) is 24.1 Å². The quantitative estimate of drug-likeness (QED) is 0.610. The third-order valence-corrected chi connectivity index (χ3v) is 2.09. The van der Waals surface area contributed by atoms with Crippen LogP contribution in [-0.2, 0) is 4.79 Å². The summed E-state index contributed by atoms with van der Waals surface area (Å²) in [5.74, 6) is 0.173. The van der Waals surface area contributed by atoms with Crippen molar-refractivity contribution in [2.24, 2.45) is 0 Å². The number of carbonyl (C=O) groups is 1. The molecule has 0 aliphatic carbocycles. The number of esters is 1. The Morgan fingerprint density at radius 3 is 2.47 bits per heavy atom. The van der Waals surface area contributed by atoms with Crippen molar-refractivity contribution in [2.45, 2.75) is 32.8 Å². The first-order valence-electron chi connectivity index (χ1n) is 5.10. The molecule has 0 aliphatic heterocycles. The van der Waals surface area contributed by atoms with Gasteiger partial charge in [-0.1, -0.05) is 25.5 Å². The zero-order valence-electron chi connectivity index (χ0n) is 9.06. The van der Waals surface area contributed by atoms with Gasteiger partial charge in [0, 0.05) is 6.92 Å². The SMILES string of the molecule is CCCC(O)c1ccc(OC(C)=O)cc1. The van der Waals surface area contributed by atoms with Crippen LogP contribution in [0.15, 0.2) is 24.3 Å². The lowest BCUT2D eigenvalue weighted by atomic mass is 10.1. The number of aliphatic hydroxyl groups excluding tert-OH is 1. The second kappa shape index (κ2) is 5.51. The fourth-order valence-electron chi connectivity index (χ4n) is 1.36. The first-order valence-corrected chi connectivity index (χ1v) is 5.10. The van der Waals surface area contributed by atoms with E-state index < -0.39 is 6.10 Å². The molecule has 0 saturated carbocycles. The van der Waals surface area contributed by atoms with Gasteiger partial charge in [-0.25, -0.2) is 0 Å². The number of benzene rings is 1. The molecule has 0 bridgehead atoms. The summed E-state index contributed by atoms with van der Waals surface area (Å²) in [4.78, 5) is 10.7. The standard InChI is InChI=1S/C12H16O3/c1-3-4-12(14)10-5-7-11(8-6-10)15-9(2)13/h5-8,12,14H,3-4H2,1-2H3. The van der Waals surface area contributed by atoms with E-state index in [9.17, 15) is 9.90 Å². The van der Waals surface area contributed by atoms with Crippen LogP contribution in [0.3, 0.4) is 0 Å². The van der Waals surface area contributed by atoms with Gasteiger partial charge < -0.3 is 9.84 Å². The molecule has 3 nitrogen and oxygen atoms in total. The molecule has 0 aliphatic rings. The lowest BCUT2D eigenvalue weighted by Crippen LogP contribution is -2.02. The summed E-state index contributed by atoms with van der Waals surface area (Å²) in [6.45, 7) is 3.39. The van der Waals surface area contributed by atoms with Gasteiger partial charge in [0.25, 0.3) is 0 Å². The summed E-state index contributed by atoms with van der Waals surface area (Å²) in [5.41, 5.74) is 0.854. The van der Waals surface area contributed by atoms with Crippen molar-refractivity contribution in [1.29, 1.82) is 0 Å². The lowest BCUT2D eigenvalue weighted by molar-refractivity contribution is -0.131. The predicted octanol–water partition coefficient (Wildman–Crippen LogP) is 2.45. The van der Waals surface area contributed by atoms with Crippen LogP contribution in [0, 0.1) is 0 Å². The second-order valence-corrected chi connectivity index (χ2v) is 3.47. The molecule has 0 heterocycles. The summed E-state index contributed by atoms with van der Waals surface area (Å²) in [5, 5.41) is 9.69. The van der Waals surface area contributed by atoms with Crippen molar-refractivity contribution in [1.82, 2.24) is 0 Å². The normalized spacial score (nSPS) is 12.2. The Morgan fingerprint density at radius 1 is 1.40 bits per heavy atom. The first-order chi connectivity index (χ1) is 7.13. The molecule has 0 amide bonds. The average molecular weight is 208 g/mol. The van der Waals surface area contributed by atoms with Crippen molar-refractivity contribution in [2.75, 3.05) is 0 Å². The van der Waals surface area contributed by atoms with Crippen LogP contribution in [-0.4, -0.2) is 11.1 Å². The highest BCUT2D eigenvalue weighted by atomic mass is 16.5. The summed E-state index contributed by atoms with van der Waals surface area (Å²) in [6, 6.07) is 6.93. The average Bonchev–Trinajstić information content (AvgIpc) is 2.18. The monoisotopic (exact) mass is 208 g/mol. The maximum absolute atomic E-state index is 10.7. The van der Waals surface area contributed by atoms with E-state index in [4.69, 9.17) is 4.74 Å². The summed E-state index contributed by atoms with van der Waals surface area (Å²) in [6.07, 6.45) is 1.25. The van der Waals surface area contributed by atoms with E-state index in [1.165, 1.54) is 6.92 Å². The van der Waals surface area contributed by atoms with Gasteiger partial charge in [0.1, 0.15) is 5.75 Å². The Bertz CT molecular complexity index is 316. The maximum Gasteiger partial charge on any atom is 0.308 e. The van der Waals surface area contributed by atoms with Crippen molar-refractivity contribution in [3.8, 4) is 5.75 Å². The first kappa shape index (κ1) is 11.7. The minimum Gasteiger partial charge on any atom is -0.427 e. The van der Waals surface area contributed by atoms with Crippen LogP contribution in [0.1, 0.15) is 38.4 Å². The van der Waals surface area contributed by atoms with Crippen LogP contribution >= 0.6 is 0 Å². The summed E-state index contributed by atoms with van der Waals surface area (Å²) in [7, 11) is 0. The van der Waals surface area contributed by atoms with Crippen LogP contribution in [0.2, 0.25) is 0 Å². The fourth-order valence-corrected chi connectivity index (χ4v) is 1.36. The predicted molar refractivity (Wildman–Crippen MR) is 57.6 cm³/mol. The fraction of sp³-hybridized carbons (Fsp3) is 0.417. The molecule has 82 valence electrons. The van der Waals surface area contributed by atoms with Crippen LogP contribution < -0.4 is 4.74 Å². The third kappa shape index (κ3) is 3.72.